The van der Waals surface area contributed by atoms with Gasteiger partial charge in [0.1, 0.15) is 5.69 Å². The summed E-state index contributed by atoms with van der Waals surface area (Å²) < 4.78 is 8.08. The van der Waals surface area contributed by atoms with Crippen molar-refractivity contribution in [1.29, 1.82) is 0 Å². The van der Waals surface area contributed by atoms with Gasteiger partial charge in [-0.25, -0.2) is 0 Å². The van der Waals surface area contributed by atoms with Crippen LogP contribution in [0.5, 0.6) is 0 Å². The first-order valence-electron chi connectivity index (χ1n) is 6.58. The molecule has 19 heavy (non-hydrogen) atoms. The number of aromatic nitrogens is 2. The molecule has 1 aliphatic carbocycles. The molecule has 4 nitrogen and oxygen atoms in total. The molecule has 0 spiro atoms. The van der Waals surface area contributed by atoms with Crippen LogP contribution in [0.3, 0.4) is 0 Å². The first-order valence-corrected chi connectivity index (χ1v) is 7.37. The van der Waals surface area contributed by atoms with E-state index in [2.05, 4.69) is 21.0 Å². The second kappa shape index (κ2) is 5.33. The maximum Gasteiger partial charge on any atom is 0.169 e. The van der Waals surface area contributed by atoms with Crippen LogP contribution in [0.25, 0.3) is 11.5 Å². The molecule has 0 saturated heterocycles. The molecular formula is C14H15BrN2O2. The van der Waals surface area contributed by atoms with E-state index in [4.69, 9.17) is 4.42 Å². The summed E-state index contributed by atoms with van der Waals surface area (Å²) in [5.74, 6) is 0.628. The molecule has 0 aliphatic heterocycles. The molecule has 2 aromatic rings. The van der Waals surface area contributed by atoms with Gasteiger partial charge in [0.25, 0.3) is 0 Å². The molecule has 1 saturated carbocycles. The Balaban J connectivity index is 1.95. The van der Waals surface area contributed by atoms with Crippen LogP contribution in [0.4, 0.5) is 0 Å². The van der Waals surface area contributed by atoms with Gasteiger partial charge in [-0.05, 0) is 40.9 Å². The van der Waals surface area contributed by atoms with Crippen LogP contribution >= 0.6 is 15.9 Å². The van der Waals surface area contributed by atoms with E-state index in [1.165, 1.54) is 19.3 Å². The van der Waals surface area contributed by atoms with Crippen LogP contribution < -0.4 is 0 Å². The third-order valence-electron chi connectivity index (χ3n) is 3.64. The number of halogens is 1. The summed E-state index contributed by atoms with van der Waals surface area (Å²) in [5, 5.41) is 4.56. The first-order chi connectivity index (χ1) is 9.28. The van der Waals surface area contributed by atoms with Crippen LogP contribution in [0.15, 0.2) is 27.4 Å². The number of carbonyl (C=O) groups is 1. The molecule has 0 amide bonds. The molecule has 0 bridgehead atoms. The zero-order valence-electron chi connectivity index (χ0n) is 10.5. The maximum absolute atomic E-state index is 11.2. The van der Waals surface area contributed by atoms with Crippen molar-refractivity contribution in [2.75, 3.05) is 0 Å². The molecule has 100 valence electrons. The van der Waals surface area contributed by atoms with Gasteiger partial charge in [0.2, 0.25) is 0 Å². The molecule has 0 unspecified atom stereocenters. The van der Waals surface area contributed by atoms with Crippen molar-refractivity contribution in [2.24, 2.45) is 0 Å². The van der Waals surface area contributed by atoms with Gasteiger partial charge < -0.3 is 4.42 Å². The van der Waals surface area contributed by atoms with Crippen LogP contribution in [0.1, 0.15) is 48.5 Å². The standard InChI is InChI=1S/C14H15BrN2O2/c15-13-7-6-12(19-13)14-10(9-18)8-17(16-14)11-4-2-1-3-5-11/h6-9,11H,1-5H2. The zero-order valence-corrected chi connectivity index (χ0v) is 12.1. The van der Waals surface area contributed by atoms with Crippen molar-refractivity contribution in [2.45, 2.75) is 38.1 Å². The van der Waals surface area contributed by atoms with Crippen LogP contribution in [-0.4, -0.2) is 16.1 Å². The van der Waals surface area contributed by atoms with E-state index < -0.39 is 0 Å². The molecule has 5 heteroatoms. The molecule has 1 fully saturated rings. The molecule has 0 atom stereocenters. The average Bonchev–Trinajstić information content (AvgIpc) is 3.05. The summed E-state index contributed by atoms with van der Waals surface area (Å²) in [6.45, 7) is 0. The Morgan fingerprint density at radius 2 is 2.11 bits per heavy atom. The van der Waals surface area contributed by atoms with E-state index in [1.54, 1.807) is 0 Å². The average molecular weight is 323 g/mol. The van der Waals surface area contributed by atoms with E-state index in [-0.39, 0.29) is 0 Å². The fourth-order valence-corrected chi connectivity index (χ4v) is 2.96. The van der Waals surface area contributed by atoms with E-state index in [0.717, 1.165) is 19.1 Å². The predicted octanol–water partition coefficient (Wildman–Crippen LogP) is 4.22. The van der Waals surface area contributed by atoms with Crippen molar-refractivity contribution in [3.05, 3.63) is 28.6 Å². The largest absolute Gasteiger partial charge is 0.448 e. The zero-order chi connectivity index (χ0) is 13.2. The third-order valence-corrected chi connectivity index (χ3v) is 4.07. The van der Waals surface area contributed by atoms with Crippen LogP contribution in [0.2, 0.25) is 0 Å². The van der Waals surface area contributed by atoms with Crippen molar-refractivity contribution >= 4 is 22.2 Å². The summed E-state index contributed by atoms with van der Waals surface area (Å²) in [4.78, 5) is 11.2. The van der Waals surface area contributed by atoms with Gasteiger partial charge >= 0.3 is 0 Å². The number of hydrogen-bond acceptors (Lipinski definition) is 3. The predicted molar refractivity (Wildman–Crippen MR) is 75.1 cm³/mol. The van der Waals surface area contributed by atoms with E-state index in [1.807, 2.05) is 23.0 Å². The summed E-state index contributed by atoms with van der Waals surface area (Å²) in [6, 6.07) is 4.05. The molecule has 3 rings (SSSR count). The Morgan fingerprint density at radius 1 is 1.32 bits per heavy atom. The Morgan fingerprint density at radius 3 is 2.74 bits per heavy atom. The fraction of sp³-hybridized carbons (Fsp3) is 0.429. The minimum Gasteiger partial charge on any atom is -0.448 e. The topological polar surface area (TPSA) is 48.0 Å². The number of furan rings is 1. The molecule has 1 aliphatic rings. The highest BCUT2D eigenvalue weighted by Gasteiger charge is 2.20. The minimum atomic E-state index is 0.416. The van der Waals surface area contributed by atoms with Gasteiger partial charge in [-0.1, -0.05) is 19.3 Å². The number of rotatable bonds is 3. The Hall–Kier alpha value is -1.36. The molecule has 0 aromatic carbocycles. The number of hydrogen-bond donors (Lipinski definition) is 0. The molecule has 0 N–H and O–H groups in total. The summed E-state index contributed by atoms with van der Waals surface area (Å²) >= 11 is 3.27. The van der Waals surface area contributed by atoms with Crippen molar-refractivity contribution in [3.8, 4) is 11.5 Å². The lowest BCUT2D eigenvalue weighted by Gasteiger charge is -2.21. The van der Waals surface area contributed by atoms with Crippen LogP contribution in [-0.2, 0) is 0 Å². The highest BCUT2D eigenvalue weighted by atomic mass is 79.9. The Bertz CT molecular complexity index is 582. The minimum absolute atomic E-state index is 0.416. The Kier molecular flexibility index (Phi) is 3.55. The third kappa shape index (κ3) is 2.52. The highest BCUT2D eigenvalue weighted by Crippen LogP contribution is 2.31. The first kappa shape index (κ1) is 12.7. The normalized spacial score (nSPS) is 16.7. The van der Waals surface area contributed by atoms with Crippen LogP contribution in [0, 0.1) is 0 Å². The molecular weight excluding hydrogens is 308 g/mol. The summed E-state index contributed by atoms with van der Waals surface area (Å²) in [7, 11) is 0. The molecule has 2 aromatic heterocycles. The van der Waals surface area contributed by atoms with Gasteiger partial charge in [-0.2, -0.15) is 5.10 Å². The van der Waals surface area contributed by atoms with E-state index in [9.17, 15) is 4.79 Å². The van der Waals surface area contributed by atoms with Crippen molar-refractivity contribution < 1.29 is 9.21 Å². The smallest absolute Gasteiger partial charge is 0.169 e. The summed E-state index contributed by atoms with van der Waals surface area (Å²) in [6.07, 6.45) is 8.75. The monoisotopic (exact) mass is 322 g/mol. The quantitative estimate of drug-likeness (QED) is 0.795. The fourth-order valence-electron chi connectivity index (χ4n) is 2.66. The molecule has 2 heterocycles. The van der Waals surface area contributed by atoms with Gasteiger partial charge in [0, 0.05) is 6.20 Å². The highest BCUT2D eigenvalue weighted by molar-refractivity contribution is 9.10. The van der Waals surface area contributed by atoms with E-state index >= 15 is 0 Å². The summed E-state index contributed by atoms with van der Waals surface area (Å²) in [5.41, 5.74) is 1.22. The lowest BCUT2D eigenvalue weighted by Crippen LogP contribution is -2.13. The second-order valence-corrected chi connectivity index (χ2v) is 5.71. The van der Waals surface area contributed by atoms with Gasteiger partial charge in [-0.15, -0.1) is 0 Å². The van der Waals surface area contributed by atoms with Gasteiger partial charge in [0.05, 0.1) is 11.6 Å². The molecule has 0 radical (unpaired) electrons. The Labute approximate surface area is 119 Å². The maximum atomic E-state index is 11.2. The van der Waals surface area contributed by atoms with Crippen molar-refractivity contribution in [1.82, 2.24) is 9.78 Å². The van der Waals surface area contributed by atoms with Gasteiger partial charge in [-0.3, -0.25) is 9.48 Å². The number of aldehydes is 1. The SMILES string of the molecule is O=Cc1cn(C2CCCCC2)nc1-c1ccc(Br)o1. The van der Waals surface area contributed by atoms with Gasteiger partial charge in [0.15, 0.2) is 16.7 Å². The number of carbonyl (C=O) groups excluding carboxylic acids is 1. The van der Waals surface area contributed by atoms with Crippen molar-refractivity contribution in [3.63, 3.8) is 0 Å². The lowest BCUT2D eigenvalue weighted by atomic mass is 9.96. The second-order valence-electron chi connectivity index (χ2n) is 4.93. The number of nitrogens with zero attached hydrogens (tertiary/aromatic N) is 2. The van der Waals surface area contributed by atoms with E-state index in [0.29, 0.717) is 27.7 Å². The lowest BCUT2D eigenvalue weighted by molar-refractivity contribution is 0.112.